The average Bonchev–Trinajstić information content (AvgIpc) is 3.04. The molecule has 0 saturated heterocycles. The lowest BCUT2D eigenvalue weighted by molar-refractivity contribution is 0.390. The highest BCUT2D eigenvalue weighted by Gasteiger charge is 2.49. The van der Waals surface area contributed by atoms with Crippen LogP contribution in [0.25, 0.3) is 0 Å². The molecule has 1 fully saturated rings. The van der Waals surface area contributed by atoms with Crippen molar-refractivity contribution in [1.82, 2.24) is 0 Å². The number of fused-ring (bicyclic) bond motifs is 2. The summed E-state index contributed by atoms with van der Waals surface area (Å²) in [6.45, 7) is 13.1. The van der Waals surface area contributed by atoms with Crippen molar-refractivity contribution in [3.05, 3.63) is 40.3 Å². The first-order valence-corrected chi connectivity index (χ1v) is 10.6. The first-order chi connectivity index (χ1) is 11.5. The standard InChI is InChI=1S/C22H31NS/c1-6-23-13(2)10-11-17-8-7-9-18(21(17)23)20-16(5)15(4)19-12-14(3)24-22(19)20/h7-9,12-13,15-16,19-20,22H,6,10-11H2,1-5H3. The number of nitrogens with zero attached hydrogens (tertiary/aromatic N) is 1. The van der Waals surface area contributed by atoms with E-state index < -0.39 is 0 Å². The van der Waals surface area contributed by atoms with Crippen LogP contribution in [0.5, 0.6) is 0 Å². The second-order valence-corrected chi connectivity index (χ2v) is 9.63. The molecule has 0 spiro atoms. The van der Waals surface area contributed by atoms with E-state index in [2.05, 4.69) is 75.6 Å². The molecule has 2 heteroatoms. The summed E-state index contributed by atoms with van der Waals surface area (Å²) in [5.41, 5.74) is 4.82. The molecule has 0 aromatic heterocycles. The molecule has 1 aromatic rings. The van der Waals surface area contributed by atoms with Gasteiger partial charge in [0, 0.05) is 29.4 Å². The van der Waals surface area contributed by atoms with Gasteiger partial charge in [-0.3, -0.25) is 0 Å². The monoisotopic (exact) mass is 341 g/mol. The van der Waals surface area contributed by atoms with Crippen LogP contribution in [0.3, 0.4) is 0 Å². The molecule has 6 unspecified atom stereocenters. The summed E-state index contributed by atoms with van der Waals surface area (Å²) in [6, 6.07) is 7.82. The molecule has 0 bridgehead atoms. The quantitative estimate of drug-likeness (QED) is 0.663. The Balaban J connectivity index is 1.81. The van der Waals surface area contributed by atoms with E-state index in [0.717, 1.165) is 29.5 Å². The van der Waals surface area contributed by atoms with Crippen LogP contribution in [-0.4, -0.2) is 17.8 Å². The van der Waals surface area contributed by atoms with E-state index in [9.17, 15) is 0 Å². The van der Waals surface area contributed by atoms with Gasteiger partial charge in [0.05, 0.1) is 0 Å². The molecule has 3 aliphatic rings. The largest absolute Gasteiger partial charge is 0.369 e. The molecule has 24 heavy (non-hydrogen) atoms. The maximum Gasteiger partial charge on any atom is 0.0437 e. The Bertz CT molecular complexity index is 664. The molecule has 4 rings (SSSR count). The normalized spacial score (nSPS) is 38.0. The number of allylic oxidation sites excluding steroid dienone is 2. The van der Waals surface area contributed by atoms with Gasteiger partial charge in [-0.25, -0.2) is 0 Å². The van der Waals surface area contributed by atoms with Gasteiger partial charge in [0.1, 0.15) is 0 Å². The summed E-state index contributed by atoms with van der Waals surface area (Å²) in [5.74, 6) is 3.01. The summed E-state index contributed by atoms with van der Waals surface area (Å²) >= 11 is 2.15. The zero-order valence-corrected chi connectivity index (χ0v) is 16.6. The fourth-order valence-corrected chi connectivity index (χ4v) is 7.23. The van der Waals surface area contributed by atoms with Crippen LogP contribution >= 0.6 is 11.8 Å². The Morgan fingerprint density at radius 3 is 2.71 bits per heavy atom. The third-order valence-corrected chi connectivity index (χ3v) is 8.37. The highest BCUT2D eigenvalue weighted by molar-refractivity contribution is 8.03. The van der Waals surface area contributed by atoms with Crippen LogP contribution in [0, 0.1) is 17.8 Å². The maximum atomic E-state index is 2.68. The fourth-order valence-electron chi connectivity index (χ4n) is 5.54. The van der Waals surface area contributed by atoms with Crippen LogP contribution < -0.4 is 4.90 Å². The summed E-state index contributed by atoms with van der Waals surface area (Å²) in [4.78, 5) is 4.22. The third-order valence-electron chi connectivity index (χ3n) is 6.99. The van der Waals surface area contributed by atoms with Gasteiger partial charge in [0.25, 0.3) is 0 Å². The molecule has 1 saturated carbocycles. The molecule has 1 aliphatic carbocycles. The second kappa shape index (κ2) is 6.12. The molecule has 2 heterocycles. The van der Waals surface area contributed by atoms with Crippen molar-refractivity contribution in [1.29, 1.82) is 0 Å². The second-order valence-electron chi connectivity index (χ2n) is 8.21. The maximum absolute atomic E-state index is 2.68. The summed E-state index contributed by atoms with van der Waals surface area (Å²) < 4.78 is 0. The van der Waals surface area contributed by atoms with Crippen molar-refractivity contribution in [2.45, 2.75) is 64.7 Å². The van der Waals surface area contributed by atoms with E-state index in [1.807, 2.05) is 0 Å². The van der Waals surface area contributed by atoms with Gasteiger partial charge in [-0.2, -0.15) is 0 Å². The molecule has 1 aromatic carbocycles. The van der Waals surface area contributed by atoms with Crippen LogP contribution in [0.15, 0.2) is 29.2 Å². The molecular weight excluding hydrogens is 310 g/mol. The van der Waals surface area contributed by atoms with E-state index in [1.54, 1.807) is 21.7 Å². The first-order valence-electron chi connectivity index (χ1n) is 9.76. The molecule has 2 aliphatic heterocycles. The SMILES string of the molecule is CCN1c2c(cccc2C2C(C)C(C)C3C=C(C)SC32)CCC1C. The molecule has 6 atom stereocenters. The van der Waals surface area contributed by atoms with Gasteiger partial charge in [0.15, 0.2) is 0 Å². The van der Waals surface area contributed by atoms with E-state index >= 15 is 0 Å². The van der Waals surface area contributed by atoms with Crippen molar-refractivity contribution in [2.24, 2.45) is 17.8 Å². The lowest BCUT2D eigenvalue weighted by atomic mass is 9.82. The van der Waals surface area contributed by atoms with Crippen molar-refractivity contribution in [3.8, 4) is 0 Å². The predicted octanol–water partition coefficient (Wildman–Crippen LogP) is 5.85. The van der Waals surface area contributed by atoms with Gasteiger partial charge in [0.2, 0.25) is 0 Å². The molecule has 130 valence electrons. The van der Waals surface area contributed by atoms with E-state index in [1.165, 1.54) is 12.8 Å². The highest BCUT2D eigenvalue weighted by atomic mass is 32.2. The van der Waals surface area contributed by atoms with Crippen LogP contribution in [0.2, 0.25) is 0 Å². The van der Waals surface area contributed by atoms with E-state index in [-0.39, 0.29) is 0 Å². The minimum Gasteiger partial charge on any atom is -0.369 e. The number of aryl methyl sites for hydroxylation is 1. The van der Waals surface area contributed by atoms with Gasteiger partial charge in [-0.05, 0) is 67.4 Å². The van der Waals surface area contributed by atoms with Crippen LogP contribution in [0.1, 0.15) is 58.1 Å². The summed E-state index contributed by atoms with van der Waals surface area (Å²) in [6.07, 6.45) is 5.10. The number of rotatable bonds is 2. The highest BCUT2D eigenvalue weighted by Crippen LogP contribution is 2.59. The first kappa shape index (κ1) is 16.6. The van der Waals surface area contributed by atoms with E-state index in [0.29, 0.717) is 12.0 Å². The third kappa shape index (κ3) is 2.36. The summed E-state index contributed by atoms with van der Waals surface area (Å²) in [7, 11) is 0. The molecule has 0 radical (unpaired) electrons. The van der Waals surface area contributed by atoms with Gasteiger partial charge in [-0.1, -0.05) is 38.1 Å². The predicted molar refractivity (Wildman–Crippen MR) is 107 cm³/mol. The van der Waals surface area contributed by atoms with Crippen LogP contribution in [-0.2, 0) is 6.42 Å². The molecular formula is C22H31NS. The minimum atomic E-state index is 0.671. The lowest BCUT2D eigenvalue weighted by Crippen LogP contribution is -2.38. The topological polar surface area (TPSA) is 3.24 Å². The molecule has 0 N–H and O–H groups in total. The molecule has 1 nitrogen and oxygen atoms in total. The van der Waals surface area contributed by atoms with Crippen molar-refractivity contribution in [2.75, 3.05) is 11.4 Å². The summed E-state index contributed by atoms with van der Waals surface area (Å²) in [5, 5.41) is 0.748. The van der Waals surface area contributed by atoms with Gasteiger partial charge < -0.3 is 4.90 Å². The molecule has 0 amide bonds. The lowest BCUT2D eigenvalue weighted by Gasteiger charge is -2.40. The zero-order chi connectivity index (χ0) is 17.0. The number of hydrogen-bond donors (Lipinski definition) is 0. The fraction of sp³-hybridized carbons (Fsp3) is 0.636. The smallest absolute Gasteiger partial charge is 0.0437 e. The zero-order valence-electron chi connectivity index (χ0n) is 15.8. The van der Waals surface area contributed by atoms with E-state index in [4.69, 9.17) is 0 Å². The van der Waals surface area contributed by atoms with Crippen molar-refractivity contribution >= 4 is 17.4 Å². The average molecular weight is 342 g/mol. The van der Waals surface area contributed by atoms with Crippen molar-refractivity contribution < 1.29 is 0 Å². The Morgan fingerprint density at radius 1 is 1.17 bits per heavy atom. The Morgan fingerprint density at radius 2 is 1.96 bits per heavy atom. The number of hydrogen-bond acceptors (Lipinski definition) is 2. The Hall–Kier alpha value is -0.890. The number of benzene rings is 1. The number of anilines is 1. The van der Waals surface area contributed by atoms with Crippen LogP contribution in [0.4, 0.5) is 5.69 Å². The van der Waals surface area contributed by atoms with Gasteiger partial charge in [-0.15, -0.1) is 11.8 Å². The minimum absolute atomic E-state index is 0.671. The Kier molecular flexibility index (Phi) is 4.23. The van der Waals surface area contributed by atoms with Gasteiger partial charge >= 0.3 is 0 Å². The number of para-hydroxylation sites is 1. The number of thioether (sulfide) groups is 1. The Labute approximate surface area is 151 Å². The van der Waals surface area contributed by atoms with Crippen molar-refractivity contribution in [3.63, 3.8) is 0 Å².